The molecule has 1 aliphatic carbocycles. The minimum Gasteiger partial charge on any atom is -0.458 e. The van der Waals surface area contributed by atoms with Gasteiger partial charge in [0, 0.05) is 18.1 Å². The Balaban J connectivity index is 1.49. The quantitative estimate of drug-likeness (QED) is 0.171. The predicted octanol–water partition coefficient (Wildman–Crippen LogP) is 7.22. The van der Waals surface area contributed by atoms with Crippen molar-refractivity contribution >= 4 is 22.4 Å². The number of nitrogens with zero attached hydrogens (tertiary/aromatic N) is 1. The van der Waals surface area contributed by atoms with Crippen molar-refractivity contribution in [3.8, 4) is 0 Å². The molecule has 0 unspecified atom stereocenters. The van der Waals surface area contributed by atoms with Gasteiger partial charge in [0.1, 0.15) is 6.10 Å². The summed E-state index contributed by atoms with van der Waals surface area (Å²) in [5, 5.41) is 13.4. The molecule has 1 saturated carbocycles. The fraction of sp³-hybridized carbons (Fsp3) is 0.233. The van der Waals surface area contributed by atoms with Crippen molar-refractivity contribution in [2.75, 3.05) is 0 Å². The van der Waals surface area contributed by atoms with Gasteiger partial charge in [-0.3, -0.25) is 10.1 Å². The average Bonchev–Trinajstić information content (AvgIpc) is 2.90. The van der Waals surface area contributed by atoms with Crippen molar-refractivity contribution < 1.29 is 14.5 Å². The molecule has 0 heterocycles. The first kappa shape index (κ1) is 22.8. The first-order chi connectivity index (χ1) is 17.1. The zero-order valence-corrected chi connectivity index (χ0v) is 19.4. The molecule has 0 bridgehead atoms. The van der Waals surface area contributed by atoms with E-state index < -0.39 is 10.9 Å². The number of hydrogen-bond donors (Lipinski definition) is 0. The number of non-ortho nitro benzene ring substituents is 1. The van der Waals surface area contributed by atoms with E-state index in [0.29, 0.717) is 5.56 Å². The van der Waals surface area contributed by atoms with Crippen LogP contribution >= 0.6 is 0 Å². The Bertz CT molecular complexity index is 1350. The summed E-state index contributed by atoms with van der Waals surface area (Å²) >= 11 is 0. The Kier molecular flexibility index (Phi) is 6.57. The number of nitro benzene ring substituents is 1. The minimum atomic E-state index is -0.471. The minimum absolute atomic E-state index is 0.0431. The lowest BCUT2D eigenvalue weighted by Crippen LogP contribution is -2.29. The third-order valence-electron chi connectivity index (χ3n) is 6.94. The molecule has 5 rings (SSSR count). The molecule has 0 spiro atoms. The number of esters is 1. The molecule has 176 valence electrons. The zero-order chi connectivity index (χ0) is 24.2. The molecule has 1 aliphatic rings. The fourth-order valence-electron chi connectivity index (χ4n) is 5.24. The van der Waals surface area contributed by atoms with E-state index in [0.717, 1.165) is 32.1 Å². The van der Waals surface area contributed by atoms with Crippen LogP contribution in [0.2, 0.25) is 0 Å². The SMILES string of the molecule is O=C(O[C@H]1CCCC[C@H]1c1c(Cc2ccccc2)ccc2ccccc12)c1ccc([N+](=O)[O-])cc1. The van der Waals surface area contributed by atoms with Gasteiger partial charge >= 0.3 is 5.97 Å². The van der Waals surface area contributed by atoms with Crippen LogP contribution in [0.4, 0.5) is 5.69 Å². The van der Waals surface area contributed by atoms with Crippen molar-refractivity contribution in [3.63, 3.8) is 0 Å². The number of hydrogen-bond acceptors (Lipinski definition) is 4. The van der Waals surface area contributed by atoms with E-state index in [2.05, 4.69) is 60.7 Å². The van der Waals surface area contributed by atoms with E-state index in [4.69, 9.17) is 4.74 Å². The van der Waals surface area contributed by atoms with Crippen molar-refractivity contribution in [1.82, 2.24) is 0 Å². The summed E-state index contributed by atoms with van der Waals surface area (Å²) in [6, 6.07) is 28.9. The Morgan fingerprint density at radius 1 is 0.857 bits per heavy atom. The summed E-state index contributed by atoms with van der Waals surface area (Å²) in [4.78, 5) is 23.5. The third kappa shape index (κ3) is 4.94. The number of rotatable bonds is 6. The highest BCUT2D eigenvalue weighted by molar-refractivity contribution is 5.90. The number of ether oxygens (including phenoxy) is 1. The van der Waals surface area contributed by atoms with Crippen LogP contribution in [0, 0.1) is 10.1 Å². The highest BCUT2D eigenvalue weighted by Crippen LogP contribution is 2.41. The standard InChI is InChI=1S/C30H27NO4/c32-30(23-16-18-25(19-17-23)31(33)34)35-28-13-7-6-12-27(28)29-24(20-21-8-2-1-3-9-21)15-14-22-10-4-5-11-26(22)29/h1-5,8-11,14-19,27-28H,6-7,12-13,20H2/t27-,28+/m1/s1. The smallest absolute Gasteiger partial charge is 0.338 e. The van der Waals surface area contributed by atoms with E-state index >= 15 is 0 Å². The first-order valence-electron chi connectivity index (χ1n) is 12.1. The van der Waals surface area contributed by atoms with Gasteiger partial charge in [-0.2, -0.15) is 0 Å². The van der Waals surface area contributed by atoms with Crippen molar-refractivity contribution in [2.24, 2.45) is 0 Å². The maximum Gasteiger partial charge on any atom is 0.338 e. The second-order valence-electron chi connectivity index (χ2n) is 9.16. The molecule has 0 aliphatic heterocycles. The molecular formula is C30H27NO4. The second kappa shape index (κ2) is 10.1. The summed E-state index contributed by atoms with van der Waals surface area (Å²) in [6.07, 6.45) is 4.43. The third-order valence-corrected chi connectivity index (χ3v) is 6.94. The Hall–Kier alpha value is -3.99. The highest BCUT2D eigenvalue weighted by atomic mass is 16.6. The Labute approximate surface area is 204 Å². The summed E-state index contributed by atoms with van der Waals surface area (Å²) in [5.74, 6) is -0.336. The summed E-state index contributed by atoms with van der Waals surface area (Å²) in [6.45, 7) is 0. The monoisotopic (exact) mass is 465 g/mol. The van der Waals surface area contributed by atoms with Crippen LogP contribution in [0.1, 0.15) is 58.6 Å². The first-order valence-corrected chi connectivity index (χ1v) is 12.1. The summed E-state index contributed by atoms with van der Waals surface area (Å²) in [7, 11) is 0. The summed E-state index contributed by atoms with van der Waals surface area (Å²) < 4.78 is 6.09. The Morgan fingerprint density at radius 3 is 2.34 bits per heavy atom. The van der Waals surface area contributed by atoms with Crippen LogP contribution in [0.15, 0.2) is 91.0 Å². The lowest BCUT2D eigenvalue weighted by molar-refractivity contribution is -0.384. The van der Waals surface area contributed by atoms with Crippen molar-refractivity contribution in [3.05, 3.63) is 123 Å². The molecular weight excluding hydrogens is 438 g/mol. The molecule has 0 N–H and O–H groups in total. The van der Waals surface area contributed by atoms with E-state index in [-0.39, 0.29) is 17.7 Å². The molecule has 0 amide bonds. The van der Waals surface area contributed by atoms with Gasteiger partial charge in [-0.15, -0.1) is 0 Å². The van der Waals surface area contributed by atoms with Crippen LogP contribution in [-0.4, -0.2) is 17.0 Å². The van der Waals surface area contributed by atoms with E-state index in [1.807, 2.05) is 6.07 Å². The summed E-state index contributed by atoms with van der Waals surface area (Å²) in [5.41, 5.74) is 4.08. The largest absolute Gasteiger partial charge is 0.458 e. The van der Waals surface area contributed by atoms with Gasteiger partial charge in [0.2, 0.25) is 0 Å². The van der Waals surface area contributed by atoms with Gasteiger partial charge in [0.05, 0.1) is 10.5 Å². The fourth-order valence-corrected chi connectivity index (χ4v) is 5.24. The van der Waals surface area contributed by atoms with E-state index in [1.54, 1.807) is 0 Å². The van der Waals surface area contributed by atoms with Crippen molar-refractivity contribution in [2.45, 2.75) is 44.1 Å². The van der Waals surface area contributed by atoms with Gasteiger partial charge in [0.15, 0.2) is 0 Å². The number of carbonyl (C=O) groups excluding carboxylic acids is 1. The highest BCUT2D eigenvalue weighted by Gasteiger charge is 2.32. The molecule has 2 atom stereocenters. The van der Waals surface area contributed by atoms with Crippen LogP contribution in [0.3, 0.4) is 0 Å². The number of nitro groups is 1. The number of carbonyl (C=O) groups is 1. The second-order valence-corrected chi connectivity index (χ2v) is 9.16. The molecule has 1 fully saturated rings. The molecule has 0 radical (unpaired) electrons. The van der Waals surface area contributed by atoms with Crippen LogP contribution in [-0.2, 0) is 11.2 Å². The van der Waals surface area contributed by atoms with Crippen LogP contribution < -0.4 is 0 Å². The molecule has 5 heteroatoms. The van der Waals surface area contributed by atoms with Gasteiger partial charge in [-0.05, 0) is 65.3 Å². The normalized spacial score (nSPS) is 17.7. The maximum absolute atomic E-state index is 13.0. The topological polar surface area (TPSA) is 69.4 Å². The van der Waals surface area contributed by atoms with Crippen LogP contribution in [0.5, 0.6) is 0 Å². The van der Waals surface area contributed by atoms with Gasteiger partial charge in [-0.25, -0.2) is 4.79 Å². The maximum atomic E-state index is 13.0. The average molecular weight is 466 g/mol. The molecule has 35 heavy (non-hydrogen) atoms. The molecule has 5 nitrogen and oxygen atoms in total. The van der Waals surface area contributed by atoms with E-state index in [1.165, 1.54) is 51.7 Å². The van der Waals surface area contributed by atoms with Crippen molar-refractivity contribution in [1.29, 1.82) is 0 Å². The number of fused-ring (bicyclic) bond motifs is 1. The molecule has 0 aromatic heterocycles. The molecule has 4 aromatic carbocycles. The zero-order valence-electron chi connectivity index (χ0n) is 19.4. The van der Waals surface area contributed by atoms with E-state index in [9.17, 15) is 14.9 Å². The Morgan fingerprint density at radius 2 is 1.57 bits per heavy atom. The van der Waals surface area contributed by atoms with Crippen LogP contribution in [0.25, 0.3) is 10.8 Å². The van der Waals surface area contributed by atoms with Gasteiger partial charge in [0.25, 0.3) is 5.69 Å². The number of benzene rings is 4. The lowest BCUT2D eigenvalue weighted by atomic mass is 9.77. The van der Waals surface area contributed by atoms with Gasteiger partial charge < -0.3 is 4.74 Å². The van der Waals surface area contributed by atoms with Gasteiger partial charge in [-0.1, -0.05) is 73.2 Å². The molecule has 4 aromatic rings. The predicted molar refractivity (Wildman–Crippen MR) is 137 cm³/mol. The lowest BCUT2D eigenvalue weighted by Gasteiger charge is -2.33. The molecule has 0 saturated heterocycles.